The largest absolute Gasteiger partial charge is 0.478 e. The quantitative estimate of drug-likeness (QED) is 0.702. The zero-order valence-corrected chi connectivity index (χ0v) is 15.3. The van der Waals surface area contributed by atoms with Gasteiger partial charge in [0, 0.05) is 11.8 Å². The van der Waals surface area contributed by atoms with Crippen LogP contribution in [0.2, 0.25) is 0 Å². The number of halogens is 3. The van der Waals surface area contributed by atoms with Crippen molar-refractivity contribution >= 4 is 11.7 Å². The molecule has 0 spiro atoms. The normalized spacial score (nSPS) is 11.9. The molecule has 0 aliphatic carbocycles. The molecule has 2 aromatic carbocycles. The maximum atomic E-state index is 12.8. The summed E-state index contributed by atoms with van der Waals surface area (Å²) in [5.41, 5.74) is -0.114. The van der Waals surface area contributed by atoms with Crippen molar-refractivity contribution in [3.05, 3.63) is 77.8 Å². The Labute approximate surface area is 164 Å². The molecule has 3 aromatic rings. The summed E-state index contributed by atoms with van der Waals surface area (Å²) < 4.78 is 45.5. The third-order valence-electron chi connectivity index (χ3n) is 3.75. The standard InChI is InChI=1S/C20H17F3N4O2/c1-2-29-18-12-16(13-24-27(18)17-9-4-3-5-10-17)26-19(28)25-15-8-6-7-14(11-15)20(21,22)23/h3-13H,2H2,1H3,(H,25,28). The van der Waals surface area contributed by atoms with Crippen molar-refractivity contribution in [2.75, 3.05) is 11.9 Å². The highest BCUT2D eigenvalue weighted by atomic mass is 19.4. The van der Waals surface area contributed by atoms with E-state index in [1.807, 2.05) is 30.3 Å². The van der Waals surface area contributed by atoms with Gasteiger partial charge in [0.25, 0.3) is 0 Å². The van der Waals surface area contributed by atoms with Crippen molar-refractivity contribution < 1.29 is 22.7 Å². The van der Waals surface area contributed by atoms with E-state index in [1.54, 1.807) is 11.6 Å². The van der Waals surface area contributed by atoms with Crippen molar-refractivity contribution in [3.8, 4) is 11.6 Å². The van der Waals surface area contributed by atoms with Crippen molar-refractivity contribution in [3.63, 3.8) is 0 Å². The van der Waals surface area contributed by atoms with E-state index in [9.17, 15) is 18.0 Å². The van der Waals surface area contributed by atoms with E-state index in [2.05, 4.69) is 15.4 Å². The third-order valence-corrected chi connectivity index (χ3v) is 3.75. The van der Waals surface area contributed by atoms with Crippen LogP contribution in [0.25, 0.3) is 5.69 Å². The SMILES string of the molecule is CCOc1cc(=NC(=O)Nc2cccc(C(F)(F)F)c2)cnn1-c1ccccc1. The minimum Gasteiger partial charge on any atom is -0.478 e. The van der Waals surface area contributed by atoms with Gasteiger partial charge in [-0.15, -0.1) is 0 Å². The fourth-order valence-electron chi connectivity index (χ4n) is 2.52. The van der Waals surface area contributed by atoms with Crippen LogP contribution in [0.1, 0.15) is 12.5 Å². The second-order valence-electron chi connectivity index (χ2n) is 5.85. The minimum absolute atomic E-state index is 0.0122. The molecule has 9 heteroatoms. The van der Waals surface area contributed by atoms with Crippen LogP contribution in [0.5, 0.6) is 5.88 Å². The fraction of sp³-hybridized carbons (Fsp3) is 0.150. The Bertz CT molecular complexity index is 1060. The van der Waals surface area contributed by atoms with Gasteiger partial charge < -0.3 is 10.1 Å². The average Bonchev–Trinajstić information content (AvgIpc) is 2.69. The molecule has 2 amide bonds. The summed E-state index contributed by atoms with van der Waals surface area (Å²) in [4.78, 5) is 16.0. The molecule has 1 N–H and O–H groups in total. The number of carbonyl (C=O) groups is 1. The summed E-state index contributed by atoms with van der Waals surface area (Å²) in [6.07, 6.45) is -3.14. The number of benzene rings is 2. The van der Waals surface area contributed by atoms with Gasteiger partial charge in [-0.2, -0.15) is 23.3 Å². The summed E-state index contributed by atoms with van der Waals surface area (Å²) in [5, 5.41) is 6.76. The highest BCUT2D eigenvalue weighted by molar-refractivity contribution is 5.90. The topological polar surface area (TPSA) is 68.5 Å². The summed E-state index contributed by atoms with van der Waals surface area (Å²) in [6, 6.07) is 14.3. The number of carbonyl (C=O) groups excluding carboxylic acids is 1. The van der Waals surface area contributed by atoms with E-state index in [1.165, 1.54) is 24.4 Å². The molecular formula is C20H17F3N4O2. The molecular weight excluding hydrogens is 385 g/mol. The molecule has 0 saturated heterocycles. The minimum atomic E-state index is -4.50. The number of ether oxygens (including phenoxy) is 1. The lowest BCUT2D eigenvalue weighted by atomic mass is 10.2. The van der Waals surface area contributed by atoms with E-state index in [0.29, 0.717) is 12.5 Å². The summed E-state index contributed by atoms with van der Waals surface area (Å²) in [7, 11) is 0. The van der Waals surface area contributed by atoms with Gasteiger partial charge in [0.15, 0.2) is 0 Å². The molecule has 0 aliphatic heterocycles. The van der Waals surface area contributed by atoms with Gasteiger partial charge in [-0.25, -0.2) is 9.48 Å². The van der Waals surface area contributed by atoms with Gasteiger partial charge >= 0.3 is 12.2 Å². The van der Waals surface area contributed by atoms with Crippen molar-refractivity contribution in [1.82, 2.24) is 9.78 Å². The number of alkyl halides is 3. The molecule has 150 valence electrons. The number of para-hydroxylation sites is 1. The Hall–Kier alpha value is -3.62. The number of hydrogen-bond donors (Lipinski definition) is 1. The molecule has 1 heterocycles. The first-order chi connectivity index (χ1) is 13.9. The first-order valence-corrected chi connectivity index (χ1v) is 8.67. The van der Waals surface area contributed by atoms with E-state index < -0.39 is 17.8 Å². The Kier molecular flexibility index (Phi) is 5.96. The molecule has 29 heavy (non-hydrogen) atoms. The highest BCUT2D eigenvalue weighted by Gasteiger charge is 2.30. The number of nitrogens with one attached hydrogen (secondary N) is 1. The van der Waals surface area contributed by atoms with Gasteiger partial charge in [-0.3, -0.25) is 0 Å². The number of urea groups is 1. The van der Waals surface area contributed by atoms with E-state index in [0.717, 1.165) is 17.8 Å². The Balaban J connectivity index is 1.86. The van der Waals surface area contributed by atoms with Crippen molar-refractivity contribution in [2.45, 2.75) is 13.1 Å². The predicted molar refractivity (Wildman–Crippen MR) is 101 cm³/mol. The van der Waals surface area contributed by atoms with Crippen LogP contribution in [0, 0.1) is 0 Å². The van der Waals surface area contributed by atoms with Crippen LogP contribution in [0.15, 0.2) is 71.9 Å². The van der Waals surface area contributed by atoms with E-state index in [-0.39, 0.29) is 11.0 Å². The second-order valence-corrected chi connectivity index (χ2v) is 5.85. The van der Waals surface area contributed by atoms with Gasteiger partial charge in [-0.1, -0.05) is 24.3 Å². The van der Waals surface area contributed by atoms with E-state index in [4.69, 9.17) is 4.74 Å². The first-order valence-electron chi connectivity index (χ1n) is 8.67. The second kappa shape index (κ2) is 8.59. The third kappa shape index (κ3) is 5.22. The Morgan fingerprint density at radius 1 is 1.14 bits per heavy atom. The maximum absolute atomic E-state index is 12.8. The van der Waals surface area contributed by atoms with Gasteiger partial charge in [-0.05, 0) is 37.3 Å². The predicted octanol–water partition coefficient (Wildman–Crippen LogP) is 4.42. The first kappa shape index (κ1) is 20.1. The van der Waals surface area contributed by atoms with Crippen LogP contribution in [0.4, 0.5) is 23.7 Å². The molecule has 0 fully saturated rings. The average molecular weight is 402 g/mol. The monoisotopic (exact) mass is 402 g/mol. The number of aromatic nitrogens is 2. The maximum Gasteiger partial charge on any atom is 0.416 e. The van der Waals surface area contributed by atoms with Crippen molar-refractivity contribution in [2.24, 2.45) is 4.99 Å². The lowest BCUT2D eigenvalue weighted by Gasteiger charge is -2.12. The number of nitrogens with zero attached hydrogens (tertiary/aromatic N) is 3. The summed E-state index contributed by atoms with van der Waals surface area (Å²) >= 11 is 0. The lowest BCUT2D eigenvalue weighted by Crippen LogP contribution is -2.17. The molecule has 3 rings (SSSR count). The fourth-order valence-corrected chi connectivity index (χ4v) is 2.52. The van der Waals surface area contributed by atoms with Gasteiger partial charge in [0.2, 0.25) is 5.88 Å². The molecule has 0 saturated carbocycles. The molecule has 0 atom stereocenters. The van der Waals surface area contributed by atoms with Crippen LogP contribution in [0.3, 0.4) is 0 Å². The van der Waals surface area contributed by atoms with Crippen LogP contribution in [-0.4, -0.2) is 22.4 Å². The molecule has 0 radical (unpaired) electrons. The summed E-state index contributed by atoms with van der Waals surface area (Å²) in [6.45, 7) is 2.17. The molecule has 1 aromatic heterocycles. The lowest BCUT2D eigenvalue weighted by molar-refractivity contribution is -0.137. The number of anilines is 1. The number of amides is 2. The van der Waals surface area contributed by atoms with E-state index >= 15 is 0 Å². The number of rotatable bonds is 4. The van der Waals surface area contributed by atoms with Crippen LogP contribution >= 0.6 is 0 Å². The zero-order chi connectivity index (χ0) is 20.9. The van der Waals surface area contributed by atoms with Gasteiger partial charge in [0.1, 0.15) is 0 Å². The Morgan fingerprint density at radius 3 is 2.59 bits per heavy atom. The zero-order valence-electron chi connectivity index (χ0n) is 15.3. The van der Waals surface area contributed by atoms with Crippen LogP contribution < -0.4 is 15.4 Å². The van der Waals surface area contributed by atoms with Gasteiger partial charge in [0.05, 0.1) is 29.4 Å². The molecule has 6 nitrogen and oxygen atoms in total. The highest BCUT2D eigenvalue weighted by Crippen LogP contribution is 2.30. The Morgan fingerprint density at radius 2 is 1.90 bits per heavy atom. The molecule has 0 bridgehead atoms. The van der Waals surface area contributed by atoms with Crippen molar-refractivity contribution in [1.29, 1.82) is 0 Å². The van der Waals surface area contributed by atoms with Crippen LogP contribution in [-0.2, 0) is 6.18 Å². The smallest absolute Gasteiger partial charge is 0.416 e. The molecule has 0 aliphatic rings. The molecule has 0 unspecified atom stereocenters. The number of hydrogen-bond acceptors (Lipinski definition) is 3. The summed E-state index contributed by atoms with van der Waals surface area (Å²) in [5.74, 6) is 0.367.